The predicted molar refractivity (Wildman–Crippen MR) is 93.2 cm³/mol. The van der Waals surface area contributed by atoms with E-state index < -0.39 is 41.6 Å². The second-order valence-corrected chi connectivity index (χ2v) is 7.14. The van der Waals surface area contributed by atoms with Crippen LogP contribution in [0.3, 0.4) is 0 Å². The van der Waals surface area contributed by atoms with Gasteiger partial charge in [-0.3, -0.25) is 9.69 Å². The number of amides is 2. The molecule has 2 amide bonds. The van der Waals surface area contributed by atoms with Crippen LogP contribution in [0, 0.1) is 0 Å². The van der Waals surface area contributed by atoms with Gasteiger partial charge in [0.1, 0.15) is 23.9 Å². The number of ether oxygens (including phenoxy) is 3. The van der Waals surface area contributed by atoms with Gasteiger partial charge in [0.2, 0.25) is 0 Å². The van der Waals surface area contributed by atoms with Gasteiger partial charge >= 0.3 is 18.0 Å². The molecule has 0 bridgehead atoms. The van der Waals surface area contributed by atoms with Crippen molar-refractivity contribution in [3.63, 3.8) is 0 Å². The van der Waals surface area contributed by atoms with Gasteiger partial charge in [-0.25, -0.2) is 14.4 Å². The zero-order valence-corrected chi connectivity index (χ0v) is 15.9. The van der Waals surface area contributed by atoms with Crippen LogP contribution in [0.4, 0.5) is 4.79 Å². The summed E-state index contributed by atoms with van der Waals surface area (Å²) >= 11 is 0. The summed E-state index contributed by atoms with van der Waals surface area (Å²) in [5, 5.41) is 2.52. The third-order valence-corrected chi connectivity index (χ3v) is 4.07. The molecule has 0 aromatic heterocycles. The third-order valence-electron chi connectivity index (χ3n) is 4.07. The molecule has 0 saturated carbocycles. The molecule has 2 aliphatic rings. The van der Waals surface area contributed by atoms with Crippen LogP contribution in [0.2, 0.25) is 0 Å². The number of carbonyl (C=O) groups is 4. The summed E-state index contributed by atoms with van der Waals surface area (Å²) in [5.41, 5.74) is -0.778. The molecule has 2 aliphatic heterocycles. The molecule has 1 unspecified atom stereocenters. The summed E-state index contributed by atoms with van der Waals surface area (Å²) in [6.45, 7) is 8.52. The summed E-state index contributed by atoms with van der Waals surface area (Å²) in [7, 11) is 1.19. The fraction of sp³-hybridized carbons (Fsp3) is 0.556. The van der Waals surface area contributed by atoms with Gasteiger partial charge < -0.3 is 19.5 Å². The normalized spacial score (nSPS) is 21.6. The average molecular weight is 380 g/mol. The molecule has 2 rings (SSSR count). The molecule has 0 radical (unpaired) electrons. The molecule has 1 saturated heterocycles. The number of fused-ring (bicyclic) bond motifs is 1. The van der Waals surface area contributed by atoms with E-state index in [4.69, 9.17) is 14.2 Å². The van der Waals surface area contributed by atoms with Crippen LogP contribution in [-0.4, -0.2) is 60.2 Å². The van der Waals surface area contributed by atoms with Crippen LogP contribution in [-0.2, 0) is 28.6 Å². The number of carbonyl (C=O) groups excluding carboxylic acids is 4. The molecular formula is C18H24N2O7. The molecule has 148 valence electrons. The Kier molecular flexibility index (Phi) is 5.92. The molecule has 27 heavy (non-hydrogen) atoms. The van der Waals surface area contributed by atoms with E-state index in [1.807, 2.05) is 0 Å². The maximum absolute atomic E-state index is 12.6. The molecule has 0 aromatic rings. The predicted octanol–water partition coefficient (Wildman–Crippen LogP) is 1.04. The highest BCUT2D eigenvalue weighted by Crippen LogP contribution is 2.37. The van der Waals surface area contributed by atoms with Gasteiger partial charge in [-0.05, 0) is 33.6 Å². The lowest BCUT2D eigenvalue weighted by Crippen LogP contribution is -2.72. The van der Waals surface area contributed by atoms with Gasteiger partial charge in [0.25, 0.3) is 5.91 Å². The lowest BCUT2D eigenvalue weighted by Gasteiger charge is -2.49. The third kappa shape index (κ3) is 4.29. The number of methoxy groups -OCH3 is 1. The number of rotatable bonds is 5. The second kappa shape index (κ2) is 7.81. The Morgan fingerprint density at radius 2 is 1.96 bits per heavy atom. The Morgan fingerprint density at radius 1 is 1.30 bits per heavy atom. The van der Waals surface area contributed by atoms with E-state index in [9.17, 15) is 19.2 Å². The maximum Gasteiger partial charge on any atom is 0.408 e. The molecule has 0 aliphatic carbocycles. The van der Waals surface area contributed by atoms with Crippen LogP contribution in [0.1, 0.15) is 33.6 Å². The van der Waals surface area contributed by atoms with Crippen molar-refractivity contribution >= 4 is 23.9 Å². The van der Waals surface area contributed by atoms with Crippen LogP contribution in [0.25, 0.3) is 0 Å². The highest BCUT2D eigenvalue weighted by molar-refractivity contribution is 6.06. The Bertz CT molecular complexity index is 705. The van der Waals surface area contributed by atoms with Crippen molar-refractivity contribution in [2.24, 2.45) is 0 Å². The number of hydrogen-bond acceptors (Lipinski definition) is 7. The van der Waals surface area contributed by atoms with E-state index in [-0.39, 0.29) is 24.3 Å². The molecule has 2 atom stereocenters. The monoisotopic (exact) mass is 380 g/mol. The van der Waals surface area contributed by atoms with Gasteiger partial charge in [0, 0.05) is 0 Å². The zero-order chi connectivity index (χ0) is 20.4. The van der Waals surface area contributed by atoms with Gasteiger partial charge in [0.05, 0.1) is 18.7 Å². The number of hydrogen-bond donors (Lipinski definition) is 1. The van der Waals surface area contributed by atoms with Crippen molar-refractivity contribution in [2.45, 2.75) is 51.3 Å². The van der Waals surface area contributed by atoms with E-state index >= 15 is 0 Å². The fourth-order valence-electron chi connectivity index (χ4n) is 3.01. The lowest BCUT2D eigenvalue weighted by molar-refractivity contribution is -0.156. The fourth-order valence-corrected chi connectivity index (χ4v) is 3.01. The van der Waals surface area contributed by atoms with E-state index in [0.717, 1.165) is 0 Å². The molecule has 2 heterocycles. The average Bonchev–Trinajstić information content (AvgIpc) is 2.60. The van der Waals surface area contributed by atoms with E-state index in [1.54, 1.807) is 20.8 Å². The summed E-state index contributed by atoms with van der Waals surface area (Å²) in [6, 6.07) is -1.30. The van der Waals surface area contributed by atoms with Gasteiger partial charge in [-0.2, -0.15) is 0 Å². The zero-order valence-electron chi connectivity index (χ0n) is 15.9. The maximum atomic E-state index is 12.6. The standard InChI is InChI=1S/C18H24N2O7/c1-6-9-26-16(23)13-10(15(22)25-5)7-8-11-12(14(21)20(11)13)19-17(24)27-18(2,3)4/h6,11-12H,1,7-9H2,2-5H3,(H,19,24)/t11-,12?/m0/s1. The summed E-state index contributed by atoms with van der Waals surface area (Å²) in [4.78, 5) is 50.1. The number of nitrogens with zero attached hydrogens (tertiary/aromatic N) is 1. The van der Waals surface area contributed by atoms with Crippen LogP contribution < -0.4 is 5.32 Å². The van der Waals surface area contributed by atoms with Crippen molar-refractivity contribution in [3.05, 3.63) is 23.9 Å². The SMILES string of the molecule is C=CCOC(=O)C1=C(C(=O)OC)CC[C@H]2C(NC(=O)OC(C)(C)C)C(=O)N12. The first-order valence-corrected chi connectivity index (χ1v) is 8.52. The molecule has 0 spiro atoms. The number of nitrogens with one attached hydrogen (secondary N) is 1. The van der Waals surface area contributed by atoms with Crippen molar-refractivity contribution < 1.29 is 33.4 Å². The first-order valence-electron chi connectivity index (χ1n) is 8.52. The van der Waals surface area contributed by atoms with Gasteiger partial charge in [-0.15, -0.1) is 0 Å². The first kappa shape index (κ1) is 20.5. The second-order valence-electron chi connectivity index (χ2n) is 7.14. The number of β-lactam (4-membered cyclic amide) rings is 1. The van der Waals surface area contributed by atoms with Gasteiger partial charge in [-0.1, -0.05) is 12.7 Å². The van der Waals surface area contributed by atoms with Crippen LogP contribution >= 0.6 is 0 Å². The smallest absolute Gasteiger partial charge is 0.408 e. The Hall–Kier alpha value is -2.84. The quantitative estimate of drug-likeness (QED) is 0.328. The number of esters is 2. The molecule has 1 N–H and O–H groups in total. The summed E-state index contributed by atoms with van der Waals surface area (Å²) < 4.78 is 14.9. The molecule has 9 nitrogen and oxygen atoms in total. The van der Waals surface area contributed by atoms with E-state index in [0.29, 0.717) is 6.42 Å². The highest BCUT2D eigenvalue weighted by Gasteiger charge is 2.54. The van der Waals surface area contributed by atoms with E-state index in [2.05, 4.69) is 11.9 Å². The largest absolute Gasteiger partial charge is 0.466 e. The van der Waals surface area contributed by atoms with Crippen LogP contribution in [0.5, 0.6) is 0 Å². The highest BCUT2D eigenvalue weighted by atomic mass is 16.6. The Morgan fingerprint density at radius 3 is 2.52 bits per heavy atom. The minimum absolute atomic E-state index is 0.0664. The van der Waals surface area contributed by atoms with Gasteiger partial charge in [0.15, 0.2) is 0 Å². The molecule has 1 fully saturated rings. The van der Waals surface area contributed by atoms with Crippen LogP contribution in [0.15, 0.2) is 23.9 Å². The Labute approximate surface area is 157 Å². The molecule has 9 heteroatoms. The number of alkyl carbamates (subject to hydrolysis) is 1. The Balaban J connectivity index is 2.22. The summed E-state index contributed by atoms with van der Waals surface area (Å²) in [5.74, 6) is -2.03. The molecule has 0 aromatic carbocycles. The summed E-state index contributed by atoms with van der Waals surface area (Å²) in [6.07, 6.45) is 1.25. The van der Waals surface area contributed by atoms with Crippen molar-refractivity contribution in [1.82, 2.24) is 10.2 Å². The lowest BCUT2D eigenvalue weighted by atomic mass is 9.83. The van der Waals surface area contributed by atoms with E-state index in [1.165, 1.54) is 18.1 Å². The first-order chi connectivity index (χ1) is 12.6. The minimum Gasteiger partial charge on any atom is -0.466 e. The molecular weight excluding hydrogens is 356 g/mol. The van der Waals surface area contributed by atoms with Crippen molar-refractivity contribution in [3.8, 4) is 0 Å². The minimum atomic E-state index is -0.832. The van der Waals surface area contributed by atoms with Crippen molar-refractivity contribution in [1.29, 1.82) is 0 Å². The van der Waals surface area contributed by atoms with Crippen molar-refractivity contribution in [2.75, 3.05) is 13.7 Å². The topological polar surface area (TPSA) is 111 Å².